The van der Waals surface area contributed by atoms with Crippen LogP contribution in [0.2, 0.25) is 0 Å². The summed E-state index contributed by atoms with van der Waals surface area (Å²) in [6.45, 7) is 0. The second-order valence-electron chi connectivity index (χ2n) is 19.0. The predicted octanol–water partition coefficient (Wildman–Crippen LogP) is 20.0. The third-order valence-corrected chi connectivity index (χ3v) is 15.3. The van der Waals surface area contributed by atoms with Crippen molar-refractivity contribution in [3.8, 4) is 33.4 Å². The van der Waals surface area contributed by atoms with Crippen molar-refractivity contribution in [2.75, 3.05) is 4.90 Å². The van der Waals surface area contributed by atoms with Crippen molar-refractivity contribution in [1.82, 2.24) is 0 Å². The highest BCUT2D eigenvalue weighted by atomic mass is 15.1. The van der Waals surface area contributed by atoms with E-state index in [0.717, 1.165) is 17.1 Å². The fourth-order valence-corrected chi connectivity index (χ4v) is 12.3. The van der Waals surface area contributed by atoms with Crippen LogP contribution < -0.4 is 4.90 Å². The SMILES string of the molecule is c1ccc(-c2cc(-c3ccccc3)c3c4ccccc4c4cc(N(c5cc6ccccc6c6ccccc56)c5ccc6c7cccc8cccc(c9cccc5c96)c87)ccc4c3c2-c2ccccc2)cc1. The molecule has 0 N–H and O–H groups in total. The molecule has 15 aromatic carbocycles. The molecule has 1 heteroatoms. The number of benzene rings is 15. The Balaban J connectivity index is 1.10. The summed E-state index contributed by atoms with van der Waals surface area (Å²) >= 11 is 0. The van der Waals surface area contributed by atoms with Crippen molar-refractivity contribution in [2.24, 2.45) is 0 Å². The average molecular weight is 898 g/mol. The van der Waals surface area contributed by atoms with E-state index >= 15 is 0 Å². The summed E-state index contributed by atoms with van der Waals surface area (Å²) in [4.78, 5) is 2.56. The molecule has 0 bridgehead atoms. The van der Waals surface area contributed by atoms with E-state index < -0.39 is 0 Å². The molecule has 0 spiro atoms. The van der Waals surface area contributed by atoms with E-state index in [1.807, 2.05) is 0 Å². The summed E-state index contributed by atoms with van der Waals surface area (Å²) in [6.07, 6.45) is 0. The molecular formula is C70H43N. The van der Waals surface area contributed by atoms with E-state index in [1.165, 1.54) is 130 Å². The molecule has 71 heavy (non-hydrogen) atoms. The van der Waals surface area contributed by atoms with Gasteiger partial charge in [0.1, 0.15) is 0 Å². The Bertz CT molecular complexity index is 4560. The van der Waals surface area contributed by atoms with Crippen molar-refractivity contribution in [3.05, 3.63) is 261 Å². The fraction of sp³-hybridized carbons (Fsp3) is 0. The third-order valence-electron chi connectivity index (χ3n) is 15.3. The molecule has 0 aromatic heterocycles. The van der Waals surface area contributed by atoms with Crippen LogP contribution in [0.1, 0.15) is 0 Å². The smallest absolute Gasteiger partial charge is 0.0546 e. The first-order chi connectivity index (χ1) is 35.3. The van der Waals surface area contributed by atoms with Crippen LogP contribution in [0, 0.1) is 0 Å². The summed E-state index contributed by atoms with van der Waals surface area (Å²) in [5, 5.41) is 22.6. The predicted molar refractivity (Wildman–Crippen MR) is 306 cm³/mol. The summed E-state index contributed by atoms with van der Waals surface area (Å²) < 4.78 is 0. The number of anilines is 3. The van der Waals surface area contributed by atoms with Crippen molar-refractivity contribution in [3.63, 3.8) is 0 Å². The van der Waals surface area contributed by atoms with Gasteiger partial charge in [0.05, 0.1) is 11.4 Å². The summed E-state index contributed by atoms with van der Waals surface area (Å²) in [5.74, 6) is 0. The monoisotopic (exact) mass is 897 g/mol. The molecule has 15 aromatic rings. The second kappa shape index (κ2) is 15.6. The first-order valence-corrected chi connectivity index (χ1v) is 24.7. The van der Waals surface area contributed by atoms with Gasteiger partial charge in [0.25, 0.3) is 0 Å². The lowest BCUT2D eigenvalue weighted by molar-refractivity contribution is 1.33. The van der Waals surface area contributed by atoms with Crippen molar-refractivity contribution in [1.29, 1.82) is 0 Å². The van der Waals surface area contributed by atoms with E-state index in [1.54, 1.807) is 0 Å². The molecular weight excluding hydrogens is 855 g/mol. The minimum absolute atomic E-state index is 1.10. The summed E-state index contributed by atoms with van der Waals surface area (Å²) in [7, 11) is 0. The highest BCUT2D eigenvalue weighted by Crippen LogP contribution is 2.52. The number of fused-ring (bicyclic) bond motifs is 11. The van der Waals surface area contributed by atoms with Gasteiger partial charge in [-0.2, -0.15) is 0 Å². The van der Waals surface area contributed by atoms with Crippen LogP contribution in [0.5, 0.6) is 0 Å². The maximum absolute atomic E-state index is 2.56. The van der Waals surface area contributed by atoms with Gasteiger partial charge < -0.3 is 4.90 Å². The topological polar surface area (TPSA) is 3.24 Å². The molecule has 1 nitrogen and oxygen atoms in total. The summed E-state index contributed by atoms with van der Waals surface area (Å²) in [6, 6.07) is 97.2. The number of hydrogen-bond donors (Lipinski definition) is 0. The highest BCUT2D eigenvalue weighted by Gasteiger charge is 2.25. The van der Waals surface area contributed by atoms with Crippen LogP contribution in [0.4, 0.5) is 17.1 Å². The Hall–Kier alpha value is -9.30. The number of hydrogen-bond acceptors (Lipinski definition) is 1. The zero-order chi connectivity index (χ0) is 46.6. The van der Waals surface area contributed by atoms with E-state index in [9.17, 15) is 0 Å². The molecule has 15 rings (SSSR count). The van der Waals surface area contributed by atoms with E-state index in [0.29, 0.717) is 0 Å². The standard InChI is InChI=1S/C70H43N/c1-4-19-44(20-5-1)61-43-62(45-21-6-2-7-22-45)69-54-32-15-13-30-52(54)63-42-49(37-38-59(63)70(69)67(61)47-23-8-3-9-24-47)71(65-41-48-25-10-11-28-50(48)51-29-12-14-31-53(51)65)64-40-39-58-56-34-17-27-46-26-16-33-55(66(46)56)57-35-18-36-60(64)68(57)58/h1-43H. The van der Waals surface area contributed by atoms with Crippen LogP contribution in [0.25, 0.3) is 130 Å². The Labute approximate surface area is 411 Å². The van der Waals surface area contributed by atoms with Crippen molar-refractivity contribution < 1.29 is 0 Å². The first-order valence-electron chi connectivity index (χ1n) is 24.7. The van der Waals surface area contributed by atoms with Crippen LogP contribution in [0.15, 0.2) is 261 Å². The Morgan fingerprint density at radius 3 is 1.38 bits per heavy atom. The van der Waals surface area contributed by atoms with E-state index in [4.69, 9.17) is 0 Å². The van der Waals surface area contributed by atoms with Crippen molar-refractivity contribution in [2.45, 2.75) is 0 Å². The minimum Gasteiger partial charge on any atom is -0.309 e. The molecule has 0 radical (unpaired) electrons. The molecule has 0 aliphatic rings. The Kier molecular flexibility index (Phi) is 8.73. The lowest BCUT2D eigenvalue weighted by Crippen LogP contribution is -2.11. The average Bonchev–Trinajstić information content (AvgIpc) is 3.45. The van der Waals surface area contributed by atoms with E-state index in [-0.39, 0.29) is 0 Å². The van der Waals surface area contributed by atoms with Gasteiger partial charge in [-0.1, -0.05) is 231 Å². The van der Waals surface area contributed by atoms with Gasteiger partial charge in [0.15, 0.2) is 0 Å². The molecule has 0 fully saturated rings. The van der Waals surface area contributed by atoms with Gasteiger partial charge in [-0.3, -0.25) is 0 Å². The van der Waals surface area contributed by atoms with Crippen molar-refractivity contribution >= 4 is 114 Å². The first kappa shape index (κ1) is 39.7. The van der Waals surface area contributed by atoms with Crippen LogP contribution in [-0.2, 0) is 0 Å². The van der Waals surface area contributed by atoms with Gasteiger partial charge in [-0.05, 0) is 150 Å². The molecule has 0 unspecified atom stereocenters. The molecule has 328 valence electrons. The van der Waals surface area contributed by atoms with E-state index in [2.05, 4.69) is 266 Å². The van der Waals surface area contributed by atoms with Gasteiger partial charge in [0.2, 0.25) is 0 Å². The second-order valence-corrected chi connectivity index (χ2v) is 19.0. The number of nitrogens with zero attached hydrogens (tertiary/aromatic N) is 1. The van der Waals surface area contributed by atoms with Gasteiger partial charge in [0, 0.05) is 16.5 Å². The maximum atomic E-state index is 2.56. The van der Waals surface area contributed by atoms with Gasteiger partial charge in [-0.25, -0.2) is 0 Å². The summed E-state index contributed by atoms with van der Waals surface area (Å²) in [5.41, 5.74) is 10.7. The quantitative estimate of drug-likeness (QED) is 0.119. The van der Waals surface area contributed by atoms with Gasteiger partial charge >= 0.3 is 0 Å². The molecule has 0 saturated carbocycles. The van der Waals surface area contributed by atoms with Crippen LogP contribution in [0.3, 0.4) is 0 Å². The zero-order valence-corrected chi connectivity index (χ0v) is 38.8. The molecule has 0 aliphatic carbocycles. The normalized spacial score (nSPS) is 11.9. The largest absolute Gasteiger partial charge is 0.309 e. The maximum Gasteiger partial charge on any atom is 0.0546 e. The molecule has 0 heterocycles. The zero-order valence-electron chi connectivity index (χ0n) is 38.8. The molecule has 0 atom stereocenters. The molecule has 0 saturated heterocycles. The third kappa shape index (κ3) is 5.94. The minimum atomic E-state index is 1.10. The fourth-order valence-electron chi connectivity index (χ4n) is 12.3. The van der Waals surface area contributed by atoms with Crippen LogP contribution in [-0.4, -0.2) is 0 Å². The Morgan fingerprint density at radius 2 is 0.676 bits per heavy atom. The lowest BCUT2D eigenvalue weighted by Gasteiger charge is -2.30. The lowest BCUT2D eigenvalue weighted by atomic mass is 9.81. The van der Waals surface area contributed by atoms with Gasteiger partial charge in [-0.15, -0.1) is 0 Å². The Morgan fingerprint density at radius 1 is 0.211 bits per heavy atom. The van der Waals surface area contributed by atoms with Crippen LogP contribution >= 0.6 is 0 Å². The molecule has 0 aliphatic heterocycles. The highest BCUT2D eigenvalue weighted by molar-refractivity contribution is 6.36. The molecule has 0 amide bonds. The number of rotatable bonds is 6.